The third-order valence-electron chi connectivity index (χ3n) is 6.69. The number of aliphatic imine (C=N–C) groups is 1. The maximum absolute atomic E-state index is 12.9. The Bertz CT molecular complexity index is 1420. The SMILES string of the molecule is C[C@@H](O[C@@H](N)C(=O)OC(=O)CCCCCCN(C(=O)OCc1ccccc1)C(N)=NC(=O)OCc1ccccc1)c1ccccc1. The zero-order valence-electron chi connectivity index (χ0n) is 25.8. The minimum atomic E-state index is -1.41. The van der Waals surface area contributed by atoms with Crippen molar-refractivity contribution in [1.29, 1.82) is 0 Å². The molecule has 12 heteroatoms. The van der Waals surface area contributed by atoms with Crippen molar-refractivity contribution in [2.24, 2.45) is 16.5 Å². The first-order chi connectivity index (χ1) is 22.2. The lowest BCUT2D eigenvalue weighted by Crippen LogP contribution is -2.43. The molecule has 2 amide bonds. The molecule has 0 aliphatic heterocycles. The van der Waals surface area contributed by atoms with Crippen LogP contribution in [0.25, 0.3) is 0 Å². The molecule has 4 N–H and O–H groups in total. The smallest absolute Gasteiger partial charge is 0.437 e. The highest BCUT2D eigenvalue weighted by molar-refractivity contribution is 5.97. The average molecular weight is 633 g/mol. The number of hydrogen-bond donors (Lipinski definition) is 2. The number of amides is 2. The van der Waals surface area contributed by atoms with Crippen LogP contribution < -0.4 is 11.5 Å². The van der Waals surface area contributed by atoms with Gasteiger partial charge in [-0.2, -0.15) is 0 Å². The van der Waals surface area contributed by atoms with Crippen molar-refractivity contribution in [1.82, 2.24) is 4.90 Å². The van der Waals surface area contributed by atoms with Crippen LogP contribution in [0, 0.1) is 0 Å². The Morgan fingerprint density at radius 3 is 1.91 bits per heavy atom. The molecule has 244 valence electrons. The van der Waals surface area contributed by atoms with E-state index in [2.05, 4.69) is 4.99 Å². The highest BCUT2D eigenvalue weighted by Gasteiger charge is 2.23. The van der Waals surface area contributed by atoms with Crippen LogP contribution in [0.15, 0.2) is 96.0 Å². The third kappa shape index (κ3) is 12.9. The second-order valence-corrected chi connectivity index (χ2v) is 10.3. The average Bonchev–Trinajstić information content (AvgIpc) is 3.07. The number of nitrogens with two attached hydrogens (primary N) is 2. The number of nitrogens with zero attached hydrogens (tertiary/aromatic N) is 2. The van der Waals surface area contributed by atoms with Crippen LogP contribution in [0.1, 0.15) is 61.8 Å². The number of rotatable bonds is 15. The lowest BCUT2D eigenvalue weighted by Gasteiger charge is -2.21. The fourth-order valence-electron chi connectivity index (χ4n) is 4.19. The van der Waals surface area contributed by atoms with Gasteiger partial charge < -0.3 is 24.7 Å². The number of guanidine groups is 1. The van der Waals surface area contributed by atoms with Gasteiger partial charge in [-0.3, -0.25) is 10.5 Å². The van der Waals surface area contributed by atoms with Crippen LogP contribution in [0.4, 0.5) is 9.59 Å². The van der Waals surface area contributed by atoms with Crippen molar-refractivity contribution in [2.75, 3.05) is 6.54 Å². The maximum atomic E-state index is 12.9. The standard InChI is InChI=1S/C34H40N4O8/c1-25(28-19-11-6-12-20-28)45-30(35)31(40)46-29(39)21-13-2-3-14-22-38(34(42)44-24-27-17-9-5-10-18-27)32(36)37-33(41)43-23-26-15-7-4-8-16-26/h4-12,15-20,25,30H,2-3,13-14,21-24,35H2,1H3,(H2,36,37,41)/t25-,30-/m1/s1. The van der Waals surface area contributed by atoms with Crippen LogP contribution in [-0.2, 0) is 41.8 Å². The van der Waals surface area contributed by atoms with E-state index in [1.165, 1.54) is 0 Å². The first-order valence-corrected chi connectivity index (χ1v) is 15.0. The monoisotopic (exact) mass is 632 g/mol. The van der Waals surface area contributed by atoms with Gasteiger partial charge in [0.25, 0.3) is 0 Å². The van der Waals surface area contributed by atoms with Gasteiger partial charge in [0.2, 0.25) is 12.2 Å². The molecule has 0 unspecified atom stereocenters. The molecular formula is C34H40N4O8. The number of benzene rings is 3. The molecule has 0 fully saturated rings. The number of carbonyl (C=O) groups excluding carboxylic acids is 4. The molecule has 0 saturated heterocycles. The lowest BCUT2D eigenvalue weighted by atomic mass is 10.1. The summed E-state index contributed by atoms with van der Waals surface area (Å²) in [5.74, 6) is -2.04. The Morgan fingerprint density at radius 1 is 0.761 bits per heavy atom. The highest BCUT2D eigenvalue weighted by Crippen LogP contribution is 2.17. The molecule has 0 radical (unpaired) electrons. The predicted octanol–water partition coefficient (Wildman–Crippen LogP) is 5.36. The summed E-state index contributed by atoms with van der Waals surface area (Å²) in [7, 11) is 0. The van der Waals surface area contributed by atoms with Crippen molar-refractivity contribution < 1.29 is 38.1 Å². The second kappa shape index (κ2) is 19.3. The van der Waals surface area contributed by atoms with Crippen molar-refractivity contribution in [3.63, 3.8) is 0 Å². The van der Waals surface area contributed by atoms with E-state index in [4.69, 9.17) is 30.4 Å². The van der Waals surface area contributed by atoms with E-state index in [9.17, 15) is 19.2 Å². The Labute approximate surface area is 268 Å². The first-order valence-electron chi connectivity index (χ1n) is 15.0. The zero-order valence-corrected chi connectivity index (χ0v) is 25.8. The Hall–Kier alpha value is -5.07. The van der Waals surface area contributed by atoms with E-state index in [1.54, 1.807) is 31.2 Å². The summed E-state index contributed by atoms with van der Waals surface area (Å²) in [4.78, 5) is 54.4. The topological polar surface area (TPSA) is 173 Å². The van der Waals surface area contributed by atoms with E-state index in [0.29, 0.717) is 25.7 Å². The molecule has 0 aliphatic rings. The van der Waals surface area contributed by atoms with Gasteiger partial charge in [-0.1, -0.05) is 104 Å². The number of esters is 2. The molecule has 46 heavy (non-hydrogen) atoms. The van der Waals surface area contributed by atoms with Gasteiger partial charge in [-0.05, 0) is 36.5 Å². The molecule has 0 aromatic heterocycles. The number of hydrogen-bond acceptors (Lipinski definition) is 9. The molecule has 0 heterocycles. The van der Waals surface area contributed by atoms with Crippen molar-refractivity contribution in [3.05, 3.63) is 108 Å². The van der Waals surface area contributed by atoms with Gasteiger partial charge in [0.15, 0.2) is 0 Å². The van der Waals surface area contributed by atoms with E-state index < -0.39 is 36.5 Å². The maximum Gasteiger partial charge on any atom is 0.437 e. The molecule has 3 rings (SSSR count). The van der Waals surface area contributed by atoms with E-state index in [0.717, 1.165) is 21.6 Å². The van der Waals surface area contributed by atoms with Gasteiger partial charge in [0, 0.05) is 13.0 Å². The van der Waals surface area contributed by atoms with E-state index in [1.807, 2.05) is 66.7 Å². The third-order valence-corrected chi connectivity index (χ3v) is 6.69. The fourth-order valence-corrected chi connectivity index (χ4v) is 4.19. The summed E-state index contributed by atoms with van der Waals surface area (Å²) < 4.78 is 20.9. The summed E-state index contributed by atoms with van der Waals surface area (Å²) in [6, 6.07) is 27.4. The molecule has 3 aromatic rings. The predicted molar refractivity (Wildman–Crippen MR) is 170 cm³/mol. The Balaban J connectivity index is 1.43. The highest BCUT2D eigenvalue weighted by atomic mass is 16.6. The molecule has 12 nitrogen and oxygen atoms in total. The van der Waals surface area contributed by atoms with Crippen molar-refractivity contribution >= 4 is 30.1 Å². The van der Waals surface area contributed by atoms with Gasteiger partial charge in [0.05, 0.1) is 6.10 Å². The summed E-state index contributed by atoms with van der Waals surface area (Å²) >= 11 is 0. The Morgan fingerprint density at radius 2 is 1.30 bits per heavy atom. The minimum absolute atomic E-state index is 0.00258. The molecule has 3 aromatic carbocycles. The molecule has 0 bridgehead atoms. The van der Waals surface area contributed by atoms with Crippen molar-refractivity contribution in [3.8, 4) is 0 Å². The summed E-state index contributed by atoms with van der Waals surface area (Å²) in [5.41, 5.74) is 14.2. The van der Waals surface area contributed by atoms with E-state index >= 15 is 0 Å². The van der Waals surface area contributed by atoms with Gasteiger partial charge in [-0.15, -0.1) is 4.99 Å². The second-order valence-electron chi connectivity index (χ2n) is 10.3. The quantitative estimate of drug-likeness (QED) is 0.0422. The van der Waals surface area contributed by atoms with Crippen LogP contribution in [0.2, 0.25) is 0 Å². The minimum Gasteiger partial charge on any atom is -0.444 e. The first kappa shape index (κ1) is 35.4. The number of ether oxygens (including phenoxy) is 4. The fraction of sp³-hybridized carbons (Fsp3) is 0.324. The molecule has 0 saturated carbocycles. The molecule has 0 aliphatic carbocycles. The van der Waals surface area contributed by atoms with Gasteiger partial charge in [-0.25, -0.2) is 19.3 Å². The lowest BCUT2D eigenvalue weighted by molar-refractivity contribution is -0.170. The van der Waals surface area contributed by atoms with Crippen LogP contribution in [0.3, 0.4) is 0 Å². The van der Waals surface area contributed by atoms with Crippen molar-refractivity contribution in [2.45, 2.75) is 64.6 Å². The van der Waals surface area contributed by atoms with Crippen LogP contribution in [0.5, 0.6) is 0 Å². The molecule has 0 spiro atoms. The largest absolute Gasteiger partial charge is 0.444 e. The van der Waals surface area contributed by atoms with Gasteiger partial charge >= 0.3 is 24.1 Å². The normalized spacial score (nSPS) is 12.4. The molecule has 2 atom stereocenters. The Kier molecular flexibility index (Phi) is 14.9. The summed E-state index contributed by atoms with van der Waals surface area (Å²) in [6.45, 7) is 1.84. The summed E-state index contributed by atoms with van der Waals surface area (Å²) in [5, 5.41) is 0. The van der Waals surface area contributed by atoms with Crippen LogP contribution >= 0.6 is 0 Å². The van der Waals surface area contributed by atoms with Crippen LogP contribution in [-0.4, -0.2) is 47.8 Å². The number of unbranched alkanes of at least 4 members (excludes halogenated alkanes) is 3. The summed E-state index contributed by atoms with van der Waals surface area (Å²) in [6.07, 6.45) is -1.55. The number of carbonyl (C=O) groups is 4. The zero-order chi connectivity index (χ0) is 33.1. The van der Waals surface area contributed by atoms with Gasteiger partial charge in [0.1, 0.15) is 13.2 Å². The molecular weight excluding hydrogens is 592 g/mol. The van der Waals surface area contributed by atoms with E-state index in [-0.39, 0.29) is 32.1 Å².